The number of pyridine rings is 1. The van der Waals surface area contributed by atoms with Crippen molar-refractivity contribution in [2.45, 2.75) is 37.9 Å². The van der Waals surface area contributed by atoms with Crippen molar-refractivity contribution < 1.29 is 13.2 Å². The van der Waals surface area contributed by atoms with E-state index < -0.39 is 12.6 Å². The first kappa shape index (κ1) is 14.7. The van der Waals surface area contributed by atoms with Gasteiger partial charge in [0.05, 0.1) is 11.7 Å². The topological polar surface area (TPSA) is 50.7 Å². The zero-order chi connectivity index (χ0) is 15.6. The van der Waals surface area contributed by atoms with Crippen molar-refractivity contribution in [3.05, 3.63) is 47.5 Å². The Labute approximate surface area is 125 Å². The molecule has 0 fully saturated rings. The van der Waals surface area contributed by atoms with E-state index in [-0.39, 0.29) is 12.5 Å². The maximum atomic E-state index is 12.3. The summed E-state index contributed by atoms with van der Waals surface area (Å²) in [6.45, 7) is 0. The SMILES string of the molecule is FC(F)(F)CCc1ccnc(N[C@H]2CCc3cccnc32)n1. The van der Waals surface area contributed by atoms with Gasteiger partial charge in [-0.05, 0) is 37.0 Å². The molecule has 2 aromatic rings. The van der Waals surface area contributed by atoms with Gasteiger partial charge >= 0.3 is 6.18 Å². The number of rotatable bonds is 4. The molecule has 2 heterocycles. The molecule has 1 atom stereocenters. The van der Waals surface area contributed by atoms with Crippen molar-refractivity contribution in [3.63, 3.8) is 0 Å². The highest BCUT2D eigenvalue weighted by molar-refractivity contribution is 5.36. The third-order valence-electron chi connectivity index (χ3n) is 3.64. The molecule has 0 bridgehead atoms. The lowest BCUT2D eigenvalue weighted by Gasteiger charge is -2.13. The minimum Gasteiger partial charge on any atom is -0.346 e. The summed E-state index contributed by atoms with van der Waals surface area (Å²) in [7, 11) is 0. The molecule has 1 aliphatic carbocycles. The average Bonchev–Trinajstić information content (AvgIpc) is 2.88. The second-order valence-electron chi connectivity index (χ2n) is 5.27. The van der Waals surface area contributed by atoms with Crippen LogP contribution in [0.4, 0.5) is 19.1 Å². The molecule has 22 heavy (non-hydrogen) atoms. The molecule has 4 nitrogen and oxygen atoms in total. The number of alkyl halides is 3. The Hall–Kier alpha value is -2.18. The minimum atomic E-state index is -4.17. The fraction of sp³-hybridized carbons (Fsp3) is 0.400. The van der Waals surface area contributed by atoms with Crippen LogP contribution in [-0.2, 0) is 12.8 Å². The van der Waals surface area contributed by atoms with Crippen LogP contribution in [0, 0.1) is 0 Å². The lowest BCUT2D eigenvalue weighted by molar-refractivity contribution is -0.134. The monoisotopic (exact) mass is 308 g/mol. The summed E-state index contributed by atoms with van der Waals surface area (Å²) in [5, 5.41) is 3.17. The van der Waals surface area contributed by atoms with Crippen LogP contribution < -0.4 is 5.32 Å². The van der Waals surface area contributed by atoms with Crippen LogP contribution in [0.1, 0.15) is 35.8 Å². The van der Waals surface area contributed by atoms with Gasteiger partial charge in [-0.15, -0.1) is 0 Å². The number of hydrogen-bond donors (Lipinski definition) is 1. The van der Waals surface area contributed by atoms with Gasteiger partial charge in [-0.2, -0.15) is 13.2 Å². The maximum Gasteiger partial charge on any atom is 0.389 e. The summed E-state index contributed by atoms with van der Waals surface area (Å²) in [5.74, 6) is 0.350. The van der Waals surface area contributed by atoms with E-state index in [2.05, 4.69) is 20.3 Å². The number of halogens is 3. The van der Waals surface area contributed by atoms with E-state index in [9.17, 15) is 13.2 Å². The van der Waals surface area contributed by atoms with Crippen LogP contribution >= 0.6 is 0 Å². The molecule has 0 spiro atoms. The summed E-state index contributed by atoms with van der Waals surface area (Å²) in [5.41, 5.74) is 2.54. The van der Waals surface area contributed by atoms with Gasteiger partial charge in [0.2, 0.25) is 5.95 Å². The molecule has 1 aliphatic rings. The van der Waals surface area contributed by atoms with Crippen LogP contribution in [0.2, 0.25) is 0 Å². The minimum absolute atomic E-state index is 0.00839. The number of aromatic nitrogens is 3. The van der Waals surface area contributed by atoms with E-state index in [0.717, 1.165) is 18.5 Å². The molecule has 3 rings (SSSR count). The first-order valence-corrected chi connectivity index (χ1v) is 7.10. The fourth-order valence-corrected chi connectivity index (χ4v) is 2.58. The van der Waals surface area contributed by atoms with Gasteiger partial charge in [0.1, 0.15) is 0 Å². The third kappa shape index (κ3) is 3.52. The molecule has 0 saturated heterocycles. The molecule has 0 radical (unpaired) electrons. The second kappa shape index (κ2) is 5.90. The average molecular weight is 308 g/mol. The summed E-state index contributed by atoms with van der Waals surface area (Å²) >= 11 is 0. The highest BCUT2D eigenvalue weighted by Gasteiger charge is 2.27. The molecule has 0 aliphatic heterocycles. The highest BCUT2D eigenvalue weighted by atomic mass is 19.4. The third-order valence-corrected chi connectivity index (χ3v) is 3.64. The normalized spacial score (nSPS) is 17.3. The molecule has 2 aromatic heterocycles. The van der Waals surface area contributed by atoms with E-state index in [1.54, 1.807) is 6.20 Å². The van der Waals surface area contributed by atoms with Crippen molar-refractivity contribution in [1.29, 1.82) is 0 Å². The quantitative estimate of drug-likeness (QED) is 0.939. The Morgan fingerprint density at radius 2 is 2.05 bits per heavy atom. The first-order chi connectivity index (χ1) is 10.5. The van der Waals surface area contributed by atoms with E-state index in [1.807, 2.05) is 12.1 Å². The fourth-order valence-electron chi connectivity index (χ4n) is 2.58. The Balaban J connectivity index is 1.69. The summed E-state index contributed by atoms with van der Waals surface area (Å²) in [4.78, 5) is 12.6. The Morgan fingerprint density at radius 3 is 2.86 bits per heavy atom. The summed E-state index contributed by atoms with van der Waals surface area (Å²) in [6, 6.07) is 5.45. The number of nitrogens with one attached hydrogen (secondary N) is 1. The van der Waals surface area contributed by atoms with Gasteiger partial charge in [0.25, 0.3) is 0 Å². The van der Waals surface area contributed by atoms with E-state index in [1.165, 1.54) is 17.8 Å². The van der Waals surface area contributed by atoms with Crippen LogP contribution in [0.15, 0.2) is 30.6 Å². The van der Waals surface area contributed by atoms with Crippen LogP contribution in [0.3, 0.4) is 0 Å². The lowest BCUT2D eigenvalue weighted by Crippen LogP contribution is -2.13. The molecule has 116 valence electrons. The molecule has 0 aromatic carbocycles. The van der Waals surface area contributed by atoms with Crippen LogP contribution in [0.5, 0.6) is 0 Å². The van der Waals surface area contributed by atoms with Crippen molar-refractivity contribution in [1.82, 2.24) is 15.0 Å². The summed E-state index contributed by atoms with van der Waals surface area (Å²) < 4.78 is 36.8. The molecule has 1 N–H and O–H groups in total. The summed E-state index contributed by atoms with van der Waals surface area (Å²) in [6.07, 6.45) is -0.170. The molecule has 0 unspecified atom stereocenters. The van der Waals surface area contributed by atoms with Crippen molar-refractivity contribution in [3.8, 4) is 0 Å². The number of anilines is 1. The largest absolute Gasteiger partial charge is 0.389 e. The van der Waals surface area contributed by atoms with Crippen molar-refractivity contribution in [2.24, 2.45) is 0 Å². The van der Waals surface area contributed by atoms with Gasteiger partial charge in [-0.25, -0.2) is 9.97 Å². The van der Waals surface area contributed by atoms with Gasteiger partial charge < -0.3 is 5.32 Å². The zero-order valence-electron chi connectivity index (χ0n) is 11.8. The van der Waals surface area contributed by atoms with Gasteiger partial charge in [-0.3, -0.25) is 4.98 Å². The Kier molecular flexibility index (Phi) is 3.96. The zero-order valence-corrected chi connectivity index (χ0v) is 11.8. The van der Waals surface area contributed by atoms with E-state index in [0.29, 0.717) is 11.6 Å². The maximum absolute atomic E-state index is 12.3. The van der Waals surface area contributed by atoms with Crippen LogP contribution in [-0.4, -0.2) is 21.1 Å². The standard InChI is InChI=1S/C15H15F3N4/c16-15(17,18)7-5-11-6-9-20-14(21-11)22-12-4-3-10-2-1-8-19-13(10)12/h1-2,6,8-9,12H,3-5,7H2,(H,20,21,22)/t12-/m0/s1. The van der Waals surface area contributed by atoms with E-state index >= 15 is 0 Å². The highest BCUT2D eigenvalue weighted by Crippen LogP contribution is 2.31. The van der Waals surface area contributed by atoms with Crippen molar-refractivity contribution >= 4 is 5.95 Å². The molecule has 0 amide bonds. The molecule has 0 saturated carbocycles. The number of aryl methyl sites for hydroxylation is 2. The predicted molar refractivity (Wildman–Crippen MR) is 75.3 cm³/mol. The van der Waals surface area contributed by atoms with Gasteiger partial charge in [0.15, 0.2) is 0 Å². The molecular weight excluding hydrogens is 293 g/mol. The smallest absolute Gasteiger partial charge is 0.346 e. The van der Waals surface area contributed by atoms with Gasteiger partial charge in [0, 0.05) is 24.5 Å². The number of fused-ring (bicyclic) bond motifs is 1. The molecule has 7 heteroatoms. The van der Waals surface area contributed by atoms with Crippen LogP contribution in [0.25, 0.3) is 0 Å². The van der Waals surface area contributed by atoms with Gasteiger partial charge in [-0.1, -0.05) is 6.07 Å². The first-order valence-electron chi connectivity index (χ1n) is 7.10. The molecular formula is C15H15F3N4. The lowest BCUT2D eigenvalue weighted by atomic mass is 10.2. The van der Waals surface area contributed by atoms with E-state index in [4.69, 9.17) is 0 Å². The Morgan fingerprint density at radius 1 is 1.18 bits per heavy atom. The van der Waals surface area contributed by atoms with Crippen molar-refractivity contribution in [2.75, 3.05) is 5.32 Å². The number of nitrogens with zero attached hydrogens (tertiary/aromatic N) is 3. The predicted octanol–water partition coefficient (Wildman–Crippen LogP) is 3.47. The number of hydrogen-bond acceptors (Lipinski definition) is 4. The second-order valence-corrected chi connectivity index (χ2v) is 5.27. The Bertz CT molecular complexity index is 657.